The normalized spacial score (nSPS) is 42.7. The second kappa shape index (κ2) is 5.55. The standard InChI is InChI=1S/C16H27N3O.HI/c1-4-17-15(18-14-7-16(14,2)3)19-8-10-11(9-19)13-6-5-12(10)20-13;/h10-14H,4-9H2,1-3H3,(H,17,18);1H. The molecule has 1 N–H and O–H groups in total. The molecular formula is C16H28IN3O. The van der Waals surface area contributed by atoms with Crippen molar-refractivity contribution >= 4 is 29.9 Å². The molecule has 1 saturated carbocycles. The van der Waals surface area contributed by atoms with Gasteiger partial charge in [0.25, 0.3) is 0 Å². The van der Waals surface area contributed by atoms with Gasteiger partial charge in [0.15, 0.2) is 5.96 Å². The Morgan fingerprint density at radius 2 is 1.81 bits per heavy atom. The number of rotatable bonds is 2. The number of aliphatic imine (C=N–C) groups is 1. The average molecular weight is 405 g/mol. The molecule has 21 heavy (non-hydrogen) atoms. The Hall–Kier alpha value is -0.0400. The van der Waals surface area contributed by atoms with E-state index in [0.717, 1.165) is 37.4 Å². The topological polar surface area (TPSA) is 36.9 Å². The Balaban J connectivity index is 0.00000132. The van der Waals surface area contributed by atoms with Gasteiger partial charge in [-0.2, -0.15) is 0 Å². The first-order chi connectivity index (χ1) is 9.58. The summed E-state index contributed by atoms with van der Waals surface area (Å²) in [6.45, 7) is 9.95. The van der Waals surface area contributed by atoms with Crippen LogP contribution in [0.15, 0.2) is 4.99 Å². The molecule has 5 atom stereocenters. The van der Waals surface area contributed by atoms with E-state index in [2.05, 4.69) is 31.0 Å². The summed E-state index contributed by atoms with van der Waals surface area (Å²) in [4.78, 5) is 7.24. The van der Waals surface area contributed by atoms with E-state index >= 15 is 0 Å². The minimum atomic E-state index is 0. The van der Waals surface area contributed by atoms with Gasteiger partial charge in [0.2, 0.25) is 0 Å². The second-order valence-electron chi connectivity index (χ2n) is 7.71. The maximum Gasteiger partial charge on any atom is 0.194 e. The van der Waals surface area contributed by atoms with Crippen molar-refractivity contribution in [2.45, 2.75) is 58.3 Å². The number of hydrogen-bond donors (Lipinski definition) is 1. The third kappa shape index (κ3) is 2.69. The van der Waals surface area contributed by atoms with E-state index in [9.17, 15) is 0 Å². The van der Waals surface area contributed by atoms with E-state index in [-0.39, 0.29) is 24.0 Å². The Kier molecular flexibility index (Phi) is 4.19. The minimum Gasteiger partial charge on any atom is -0.374 e. The molecule has 0 aromatic heterocycles. The number of guanidine groups is 1. The molecule has 0 aromatic rings. The van der Waals surface area contributed by atoms with Crippen LogP contribution in [0.25, 0.3) is 0 Å². The average Bonchev–Trinajstić information content (AvgIpc) is 2.90. The van der Waals surface area contributed by atoms with E-state index in [1.165, 1.54) is 19.3 Å². The quantitative estimate of drug-likeness (QED) is 0.436. The maximum atomic E-state index is 6.07. The number of halogens is 1. The van der Waals surface area contributed by atoms with Gasteiger partial charge in [0.1, 0.15) is 0 Å². The molecule has 5 unspecified atom stereocenters. The molecule has 0 amide bonds. The highest BCUT2D eigenvalue weighted by Gasteiger charge is 2.54. The zero-order valence-electron chi connectivity index (χ0n) is 13.3. The molecule has 0 spiro atoms. The lowest BCUT2D eigenvalue weighted by molar-refractivity contribution is 0.0767. The summed E-state index contributed by atoms with van der Waals surface area (Å²) < 4.78 is 6.07. The van der Waals surface area contributed by atoms with Gasteiger partial charge >= 0.3 is 0 Å². The van der Waals surface area contributed by atoms with Gasteiger partial charge in [0, 0.05) is 37.5 Å². The van der Waals surface area contributed by atoms with Gasteiger partial charge in [-0.1, -0.05) is 13.8 Å². The van der Waals surface area contributed by atoms with E-state index in [1.54, 1.807) is 0 Å². The van der Waals surface area contributed by atoms with Crippen molar-refractivity contribution in [3.8, 4) is 0 Å². The van der Waals surface area contributed by atoms with Crippen LogP contribution in [-0.2, 0) is 4.74 Å². The highest BCUT2D eigenvalue weighted by molar-refractivity contribution is 14.0. The monoisotopic (exact) mass is 405 g/mol. The molecule has 4 fully saturated rings. The molecule has 2 bridgehead atoms. The van der Waals surface area contributed by atoms with E-state index in [4.69, 9.17) is 9.73 Å². The Morgan fingerprint density at radius 3 is 2.29 bits per heavy atom. The van der Waals surface area contributed by atoms with Crippen LogP contribution in [-0.4, -0.2) is 48.7 Å². The first kappa shape index (κ1) is 15.8. The lowest BCUT2D eigenvalue weighted by Crippen LogP contribution is -2.43. The molecule has 0 radical (unpaired) electrons. The van der Waals surface area contributed by atoms with Crippen molar-refractivity contribution in [2.24, 2.45) is 22.2 Å². The molecule has 120 valence electrons. The minimum absolute atomic E-state index is 0. The van der Waals surface area contributed by atoms with Gasteiger partial charge in [-0.05, 0) is 31.6 Å². The molecule has 4 rings (SSSR count). The lowest BCUT2D eigenvalue weighted by Gasteiger charge is -2.24. The first-order valence-electron chi connectivity index (χ1n) is 8.30. The second-order valence-corrected chi connectivity index (χ2v) is 7.71. The fourth-order valence-electron chi connectivity index (χ4n) is 4.39. The Labute approximate surface area is 145 Å². The number of ether oxygens (including phenoxy) is 1. The molecule has 4 nitrogen and oxygen atoms in total. The van der Waals surface area contributed by atoms with E-state index < -0.39 is 0 Å². The molecule has 3 saturated heterocycles. The van der Waals surface area contributed by atoms with Gasteiger partial charge in [-0.15, -0.1) is 24.0 Å². The molecule has 1 aliphatic carbocycles. The molecule has 5 heteroatoms. The van der Waals surface area contributed by atoms with E-state index in [1.807, 2.05) is 0 Å². The number of hydrogen-bond acceptors (Lipinski definition) is 2. The highest BCUT2D eigenvalue weighted by atomic mass is 127. The summed E-state index contributed by atoms with van der Waals surface area (Å²) >= 11 is 0. The summed E-state index contributed by atoms with van der Waals surface area (Å²) in [7, 11) is 0. The SMILES string of the molecule is CCN=C(NC1CC1(C)C)N1CC2C3CCC(O3)C2C1.I. The number of fused-ring (bicyclic) bond motifs is 5. The van der Waals surface area contributed by atoms with Gasteiger partial charge in [-0.3, -0.25) is 4.99 Å². The van der Waals surface area contributed by atoms with Gasteiger partial charge < -0.3 is 15.0 Å². The fraction of sp³-hybridized carbons (Fsp3) is 0.938. The zero-order chi connectivity index (χ0) is 13.9. The molecular weight excluding hydrogens is 377 g/mol. The zero-order valence-corrected chi connectivity index (χ0v) is 15.7. The highest BCUT2D eigenvalue weighted by Crippen LogP contribution is 2.48. The van der Waals surface area contributed by atoms with Crippen molar-refractivity contribution < 1.29 is 4.74 Å². The third-order valence-electron chi connectivity index (χ3n) is 5.88. The van der Waals surface area contributed by atoms with Crippen LogP contribution >= 0.6 is 24.0 Å². The summed E-state index contributed by atoms with van der Waals surface area (Å²) in [5.41, 5.74) is 0.451. The number of likely N-dealkylation sites (tertiary alicyclic amines) is 1. The van der Waals surface area contributed by atoms with Gasteiger partial charge in [-0.25, -0.2) is 0 Å². The van der Waals surface area contributed by atoms with Crippen LogP contribution in [0.2, 0.25) is 0 Å². The predicted molar refractivity (Wildman–Crippen MR) is 95.2 cm³/mol. The molecule has 0 aromatic carbocycles. The van der Waals surface area contributed by atoms with Crippen molar-refractivity contribution in [3.63, 3.8) is 0 Å². The van der Waals surface area contributed by atoms with Crippen LogP contribution in [0.4, 0.5) is 0 Å². The molecule has 3 aliphatic heterocycles. The maximum absolute atomic E-state index is 6.07. The van der Waals surface area contributed by atoms with Crippen LogP contribution in [0.5, 0.6) is 0 Å². The Morgan fingerprint density at radius 1 is 1.24 bits per heavy atom. The van der Waals surface area contributed by atoms with E-state index in [0.29, 0.717) is 23.7 Å². The Bertz CT molecular complexity index is 421. The first-order valence-corrected chi connectivity index (χ1v) is 8.30. The summed E-state index contributed by atoms with van der Waals surface area (Å²) in [6.07, 6.45) is 4.90. The summed E-state index contributed by atoms with van der Waals surface area (Å²) in [5.74, 6) is 2.66. The van der Waals surface area contributed by atoms with Crippen LogP contribution in [0.1, 0.15) is 40.0 Å². The number of nitrogens with one attached hydrogen (secondary N) is 1. The molecule has 3 heterocycles. The van der Waals surface area contributed by atoms with Crippen molar-refractivity contribution in [3.05, 3.63) is 0 Å². The van der Waals surface area contributed by atoms with Crippen molar-refractivity contribution in [1.29, 1.82) is 0 Å². The largest absolute Gasteiger partial charge is 0.374 e. The smallest absolute Gasteiger partial charge is 0.194 e. The van der Waals surface area contributed by atoms with Crippen molar-refractivity contribution in [1.82, 2.24) is 10.2 Å². The number of nitrogens with zero attached hydrogens (tertiary/aromatic N) is 2. The lowest BCUT2D eigenvalue weighted by atomic mass is 9.82. The third-order valence-corrected chi connectivity index (χ3v) is 5.88. The molecule has 4 aliphatic rings. The summed E-state index contributed by atoms with van der Waals surface area (Å²) in [5, 5.41) is 3.70. The van der Waals surface area contributed by atoms with Crippen LogP contribution in [0.3, 0.4) is 0 Å². The van der Waals surface area contributed by atoms with Crippen LogP contribution < -0.4 is 5.32 Å². The van der Waals surface area contributed by atoms with Crippen molar-refractivity contribution in [2.75, 3.05) is 19.6 Å². The predicted octanol–water partition coefficient (Wildman–Crippen LogP) is 2.48. The fourth-order valence-corrected chi connectivity index (χ4v) is 4.39. The summed E-state index contributed by atoms with van der Waals surface area (Å²) in [6, 6.07) is 0.612. The van der Waals surface area contributed by atoms with Gasteiger partial charge in [0.05, 0.1) is 12.2 Å². The van der Waals surface area contributed by atoms with Crippen LogP contribution in [0, 0.1) is 17.3 Å².